The number of aromatic nitrogens is 3. The minimum absolute atomic E-state index is 0.168. The van der Waals surface area contributed by atoms with Crippen LogP contribution in [0.4, 0.5) is 10.1 Å². The van der Waals surface area contributed by atoms with Crippen LogP contribution in [0.15, 0.2) is 48.5 Å². The molecule has 0 spiro atoms. The second-order valence-electron chi connectivity index (χ2n) is 6.11. The lowest BCUT2D eigenvalue weighted by Crippen LogP contribution is -2.47. The molecule has 128 valence electrons. The summed E-state index contributed by atoms with van der Waals surface area (Å²) in [6, 6.07) is 14.7. The predicted molar refractivity (Wildman–Crippen MR) is 98.5 cm³/mol. The number of piperazine rings is 1. The SMILES string of the molecule is Fc1ccccc1N1CCN(Cn2nnc3ccccc3c2=S)CC1. The average Bonchev–Trinajstić information content (AvgIpc) is 2.65. The van der Waals surface area contributed by atoms with Crippen LogP contribution in [0.3, 0.4) is 0 Å². The van der Waals surface area contributed by atoms with Gasteiger partial charge < -0.3 is 4.90 Å². The van der Waals surface area contributed by atoms with E-state index in [0.717, 1.165) is 37.1 Å². The lowest BCUT2D eigenvalue weighted by atomic mass is 10.2. The Kier molecular flexibility index (Phi) is 4.42. The van der Waals surface area contributed by atoms with E-state index in [-0.39, 0.29) is 5.82 Å². The summed E-state index contributed by atoms with van der Waals surface area (Å²) in [5, 5.41) is 9.42. The summed E-state index contributed by atoms with van der Waals surface area (Å²) in [5.74, 6) is -0.168. The molecule has 0 N–H and O–H groups in total. The van der Waals surface area contributed by atoms with E-state index < -0.39 is 0 Å². The van der Waals surface area contributed by atoms with Gasteiger partial charge >= 0.3 is 0 Å². The quantitative estimate of drug-likeness (QED) is 0.675. The molecule has 0 amide bonds. The van der Waals surface area contributed by atoms with Crippen molar-refractivity contribution in [1.82, 2.24) is 19.9 Å². The molecule has 0 atom stereocenters. The fourth-order valence-electron chi connectivity index (χ4n) is 3.14. The first-order valence-corrected chi connectivity index (χ1v) is 8.67. The highest BCUT2D eigenvalue weighted by atomic mass is 32.1. The summed E-state index contributed by atoms with van der Waals surface area (Å²) in [6.45, 7) is 3.79. The molecule has 7 heteroatoms. The lowest BCUT2D eigenvalue weighted by Gasteiger charge is -2.36. The number of nitrogens with zero attached hydrogens (tertiary/aromatic N) is 5. The van der Waals surface area contributed by atoms with E-state index in [2.05, 4.69) is 20.1 Å². The minimum atomic E-state index is -0.168. The Morgan fingerprint density at radius 2 is 1.68 bits per heavy atom. The van der Waals surface area contributed by atoms with Gasteiger partial charge in [0.25, 0.3) is 0 Å². The molecule has 0 saturated carbocycles. The van der Waals surface area contributed by atoms with Crippen molar-refractivity contribution in [2.75, 3.05) is 31.1 Å². The maximum Gasteiger partial charge on any atom is 0.146 e. The lowest BCUT2D eigenvalue weighted by molar-refractivity contribution is 0.190. The fraction of sp³-hybridized carbons (Fsp3) is 0.278. The van der Waals surface area contributed by atoms with Crippen LogP contribution in [0.2, 0.25) is 0 Å². The number of para-hydroxylation sites is 1. The Morgan fingerprint density at radius 3 is 2.48 bits per heavy atom. The third-order valence-corrected chi connectivity index (χ3v) is 4.96. The fourth-order valence-corrected chi connectivity index (χ4v) is 3.41. The van der Waals surface area contributed by atoms with Crippen LogP contribution in [0, 0.1) is 10.5 Å². The number of anilines is 1. The van der Waals surface area contributed by atoms with Crippen molar-refractivity contribution in [1.29, 1.82) is 0 Å². The van der Waals surface area contributed by atoms with E-state index in [4.69, 9.17) is 12.2 Å². The highest BCUT2D eigenvalue weighted by Gasteiger charge is 2.19. The van der Waals surface area contributed by atoms with E-state index in [1.54, 1.807) is 10.7 Å². The molecular formula is C18H18FN5S. The summed E-state index contributed by atoms with van der Waals surface area (Å²) >= 11 is 5.55. The van der Waals surface area contributed by atoms with E-state index in [0.29, 0.717) is 17.0 Å². The molecule has 5 nitrogen and oxygen atoms in total. The van der Waals surface area contributed by atoms with Gasteiger partial charge in [0.1, 0.15) is 10.5 Å². The van der Waals surface area contributed by atoms with Crippen molar-refractivity contribution >= 4 is 28.8 Å². The normalized spacial score (nSPS) is 15.6. The first kappa shape index (κ1) is 16.1. The van der Waals surface area contributed by atoms with Crippen molar-refractivity contribution in [3.63, 3.8) is 0 Å². The number of benzene rings is 2. The maximum atomic E-state index is 13.9. The first-order valence-electron chi connectivity index (χ1n) is 8.27. The van der Waals surface area contributed by atoms with E-state index in [9.17, 15) is 4.39 Å². The molecule has 3 aromatic rings. The number of hydrogen-bond donors (Lipinski definition) is 0. The minimum Gasteiger partial charge on any atom is -0.367 e. The summed E-state index contributed by atoms with van der Waals surface area (Å²) in [6.07, 6.45) is 0. The summed E-state index contributed by atoms with van der Waals surface area (Å²) in [7, 11) is 0. The molecule has 1 aliphatic heterocycles. The Hall–Kier alpha value is -2.38. The van der Waals surface area contributed by atoms with Crippen molar-refractivity contribution in [3.05, 3.63) is 59.0 Å². The van der Waals surface area contributed by atoms with Gasteiger partial charge in [-0.25, -0.2) is 9.07 Å². The van der Waals surface area contributed by atoms with Gasteiger partial charge in [0.05, 0.1) is 17.9 Å². The summed E-state index contributed by atoms with van der Waals surface area (Å²) in [4.78, 5) is 4.34. The van der Waals surface area contributed by atoms with Crippen LogP contribution in [0.25, 0.3) is 10.9 Å². The second kappa shape index (κ2) is 6.85. The molecular weight excluding hydrogens is 337 g/mol. The zero-order valence-electron chi connectivity index (χ0n) is 13.7. The molecule has 2 aromatic carbocycles. The number of fused-ring (bicyclic) bond motifs is 1. The Morgan fingerprint density at radius 1 is 0.960 bits per heavy atom. The Balaban J connectivity index is 1.46. The molecule has 2 heterocycles. The molecule has 1 fully saturated rings. The van der Waals surface area contributed by atoms with Gasteiger partial charge in [-0.05, 0) is 24.3 Å². The summed E-state index contributed by atoms with van der Waals surface area (Å²) < 4.78 is 16.4. The summed E-state index contributed by atoms with van der Waals surface area (Å²) in [5.41, 5.74) is 1.48. The van der Waals surface area contributed by atoms with Gasteiger partial charge in [0, 0.05) is 31.6 Å². The molecule has 0 unspecified atom stereocenters. The van der Waals surface area contributed by atoms with Crippen molar-refractivity contribution in [2.45, 2.75) is 6.67 Å². The van der Waals surface area contributed by atoms with Crippen LogP contribution in [-0.2, 0) is 6.67 Å². The third-order valence-electron chi connectivity index (χ3n) is 4.53. The van der Waals surface area contributed by atoms with Crippen LogP contribution in [0.1, 0.15) is 0 Å². The van der Waals surface area contributed by atoms with Crippen molar-refractivity contribution in [2.24, 2.45) is 0 Å². The first-order chi connectivity index (χ1) is 12.2. The van der Waals surface area contributed by atoms with Gasteiger partial charge in [-0.15, -0.1) is 5.10 Å². The Bertz CT molecular complexity index is 949. The molecule has 1 saturated heterocycles. The van der Waals surface area contributed by atoms with Crippen molar-refractivity contribution in [3.8, 4) is 0 Å². The molecule has 25 heavy (non-hydrogen) atoms. The average molecular weight is 355 g/mol. The zero-order valence-corrected chi connectivity index (χ0v) is 14.5. The topological polar surface area (TPSA) is 37.2 Å². The van der Waals surface area contributed by atoms with Crippen LogP contribution in [0.5, 0.6) is 0 Å². The standard InChI is InChI=1S/C18H18FN5S/c19-15-6-2-4-8-17(15)23-11-9-22(10-12-23)13-24-18(25)14-5-1-3-7-16(14)20-21-24/h1-8H,9-13H2. The molecule has 1 aromatic heterocycles. The van der Waals surface area contributed by atoms with E-state index in [1.807, 2.05) is 36.4 Å². The van der Waals surface area contributed by atoms with Crippen LogP contribution >= 0.6 is 12.2 Å². The predicted octanol–water partition coefficient (Wildman–Crippen LogP) is 3.08. The molecule has 0 bridgehead atoms. The van der Waals surface area contributed by atoms with E-state index >= 15 is 0 Å². The third kappa shape index (κ3) is 3.25. The molecule has 0 radical (unpaired) electrons. The van der Waals surface area contributed by atoms with Gasteiger partial charge in [-0.2, -0.15) is 0 Å². The van der Waals surface area contributed by atoms with Gasteiger partial charge in [-0.3, -0.25) is 4.90 Å². The molecule has 4 rings (SSSR count). The van der Waals surface area contributed by atoms with E-state index in [1.165, 1.54) is 6.07 Å². The van der Waals surface area contributed by atoms with Gasteiger partial charge in [-0.1, -0.05) is 41.7 Å². The van der Waals surface area contributed by atoms with Crippen LogP contribution < -0.4 is 4.90 Å². The van der Waals surface area contributed by atoms with Crippen LogP contribution in [-0.4, -0.2) is 46.1 Å². The monoisotopic (exact) mass is 355 g/mol. The largest absolute Gasteiger partial charge is 0.367 e. The van der Waals surface area contributed by atoms with Crippen molar-refractivity contribution < 1.29 is 4.39 Å². The highest BCUT2D eigenvalue weighted by Crippen LogP contribution is 2.20. The number of halogens is 1. The number of hydrogen-bond acceptors (Lipinski definition) is 5. The smallest absolute Gasteiger partial charge is 0.146 e. The van der Waals surface area contributed by atoms with Gasteiger partial charge in [0.2, 0.25) is 0 Å². The molecule has 1 aliphatic rings. The number of rotatable bonds is 3. The second-order valence-corrected chi connectivity index (χ2v) is 6.50. The maximum absolute atomic E-state index is 13.9. The zero-order chi connectivity index (χ0) is 17.2. The Labute approximate surface area is 150 Å². The highest BCUT2D eigenvalue weighted by molar-refractivity contribution is 7.71. The van der Waals surface area contributed by atoms with Gasteiger partial charge in [0.15, 0.2) is 0 Å². The molecule has 0 aliphatic carbocycles.